The van der Waals surface area contributed by atoms with Gasteiger partial charge in [0, 0.05) is 32.2 Å². The SMILES string of the molecule is COC[C@@H]1CN(c2cc(Cl)nc(C)n2)C[C@@H]1C. The average Bonchev–Trinajstić information content (AvgIpc) is 2.60. The van der Waals surface area contributed by atoms with Crippen LogP contribution in [0.2, 0.25) is 5.15 Å². The third-order valence-corrected chi connectivity index (χ3v) is 3.46. The Balaban J connectivity index is 2.13. The van der Waals surface area contributed by atoms with E-state index in [1.54, 1.807) is 7.11 Å². The number of hydrogen-bond donors (Lipinski definition) is 0. The largest absolute Gasteiger partial charge is 0.384 e. The summed E-state index contributed by atoms with van der Waals surface area (Å²) in [6.45, 7) is 6.89. The van der Waals surface area contributed by atoms with Gasteiger partial charge in [0.15, 0.2) is 0 Å². The van der Waals surface area contributed by atoms with Gasteiger partial charge in [-0.05, 0) is 12.8 Å². The Morgan fingerprint density at radius 2 is 2.24 bits per heavy atom. The molecule has 94 valence electrons. The van der Waals surface area contributed by atoms with Gasteiger partial charge in [-0.15, -0.1) is 0 Å². The molecule has 0 N–H and O–H groups in total. The molecule has 1 aromatic heterocycles. The maximum atomic E-state index is 5.96. The molecule has 0 unspecified atom stereocenters. The first kappa shape index (κ1) is 12.6. The van der Waals surface area contributed by atoms with Gasteiger partial charge in [0.05, 0.1) is 6.61 Å². The van der Waals surface area contributed by atoms with Crippen molar-refractivity contribution in [2.45, 2.75) is 13.8 Å². The van der Waals surface area contributed by atoms with Crippen LogP contribution >= 0.6 is 11.6 Å². The van der Waals surface area contributed by atoms with Crippen LogP contribution in [0, 0.1) is 18.8 Å². The fourth-order valence-electron chi connectivity index (χ4n) is 2.33. The van der Waals surface area contributed by atoms with Crippen molar-refractivity contribution in [1.29, 1.82) is 0 Å². The minimum absolute atomic E-state index is 0.510. The molecular weight excluding hydrogens is 238 g/mol. The van der Waals surface area contributed by atoms with Gasteiger partial charge in [0.2, 0.25) is 0 Å². The molecule has 2 rings (SSSR count). The van der Waals surface area contributed by atoms with Crippen LogP contribution in [-0.4, -0.2) is 36.8 Å². The fraction of sp³-hybridized carbons (Fsp3) is 0.667. The molecule has 17 heavy (non-hydrogen) atoms. The van der Waals surface area contributed by atoms with Crippen molar-refractivity contribution in [2.75, 3.05) is 31.7 Å². The third-order valence-electron chi connectivity index (χ3n) is 3.27. The quantitative estimate of drug-likeness (QED) is 0.776. The maximum absolute atomic E-state index is 5.96. The normalized spacial score (nSPS) is 24.4. The lowest BCUT2D eigenvalue weighted by atomic mass is 10.00. The minimum Gasteiger partial charge on any atom is -0.384 e. The molecule has 1 fully saturated rings. The van der Waals surface area contributed by atoms with Gasteiger partial charge in [-0.25, -0.2) is 9.97 Å². The van der Waals surface area contributed by atoms with E-state index in [0.29, 0.717) is 17.0 Å². The number of methoxy groups -OCH3 is 1. The van der Waals surface area contributed by atoms with Crippen molar-refractivity contribution in [3.05, 3.63) is 17.0 Å². The molecule has 0 amide bonds. The zero-order valence-electron chi connectivity index (χ0n) is 10.5. The van der Waals surface area contributed by atoms with Crippen molar-refractivity contribution in [1.82, 2.24) is 9.97 Å². The number of aryl methyl sites for hydroxylation is 1. The summed E-state index contributed by atoms with van der Waals surface area (Å²) in [6, 6.07) is 1.83. The summed E-state index contributed by atoms with van der Waals surface area (Å²) in [7, 11) is 1.75. The summed E-state index contributed by atoms with van der Waals surface area (Å²) in [4.78, 5) is 10.8. The lowest BCUT2D eigenvalue weighted by Crippen LogP contribution is -2.22. The Labute approximate surface area is 107 Å². The number of aromatic nitrogens is 2. The molecule has 4 nitrogen and oxygen atoms in total. The van der Waals surface area contributed by atoms with Crippen LogP contribution in [0.3, 0.4) is 0 Å². The van der Waals surface area contributed by atoms with Crippen LogP contribution in [0.1, 0.15) is 12.7 Å². The van der Waals surface area contributed by atoms with Crippen molar-refractivity contribution in [3.63, 3.8) is 0 Å². The van der Waals surface area contributed by atoms with Crippen molar-refractivity contribution in [3.8, 4) is 0 Å². The maximum Gasteiger partial charge on any atom is 0.134 e. The molecule has 1 aliphatic rings. The fourth-order valence-corrected chi connectivity index (χ4v) is 2.55. The Kier molecular flexibility index (Phi) is 3.84. The molecule has 0 saturated carbocycles. The van der Waals surface area contributed by atoms with Crippen LogP contribution in [0.15, 0.2) is 6.07 Å². The number of nitrogens with zero attached hydrogens (tertiary/aromatic N) is 3. The standard InChI is InChI=1S/C12H18ClN3O/c1-8-5-16(6-10(8)7-17-3)12-4-11(13)14-9(2)15-12/h4,8,10H,5-7H2,1-3H3/t8-,10-/m0/s1. The summed E-state index contributed by atoms with van der Waals surface area (Å²) < 4.78 is 5.24. The van der Waals surface area contributed by atoms with Crippen LogP contribution < -0.4 is 4.90 Å². The molecule has 0 radical (unpaired) electrons. The highest BCUT2D eigenvalue weighted by Gasteiger charge is 2.30. The summed E-state index contributed by atoms with van der Waals surface area (Å²) in [6.07, 6.45) is 0. The molecule has 1 saturated heterocycles. The zero-order chi connectivity index (χ0) is 12.4. The lowest BCUT2D eigenvalue weighted by molar-refractivity contribution is 0.144. The number of halogens is 1. The van der Waals surface area contributed by atoms with E-state index in [4.69, 9.17) is 16.3 Å². The smallest absolute Gasteiger partial charge is 0.134 e. The first-order chi connectivity index (χ1) is 8.10. The average molecular weight is 256 g/mol. The summed E-state index contributed by atoms with van der Waals surface area (Å²) in [5.74, 6) is 2.82. The molecule has 0 spiro atoms. The molecule has 5 heteroatoms. The van der Waals surface area contributed by atoms with Crippen molar-refractivity contribution >= 4 is 17.4 Å². The second-order valence-electron chi connectivity index (χ2n) is 4.69. The number of rotatable bonds is 3. The molecule has 0 aromatic carbocycles. The molecule has 2 atom stereocenters. The highest BCUT2D eigenvalue weighted by Crippen LogP contribution is 2.28. The first-order valence-electron chi connectivity index (χ1n) is 5.85. The molecule has 2 heterocycles. The highest BCUT2D eigenvalue weighted by molar-refractivity contribution is 6.29. The Hall–Kier alpha value is -0.870. The van der Waals surface area contributed by atoms with Crippen LogP contribution in [-0.2, 0) is 4.74 Å². The monoisotopic (exact) mass is 255 g/mol. The zero-order valence-corrected chi connectivity index (χ0v) is 11.2. The van der Waals surface area contributed by atoms with E-state index in [2.05, 4.69) is 21.8 Å². The van der Waals surface area contributed by atoms with E-state index < -0.39 is 0 Å². The predicted octanol–water partition coefficient (Wildman–Crippen LogP) is 2.16. The summed E-state index contributed by atoms with van der Waals surface area (Å²) >= 11 is 5.96. The molecule has 0 bridgehead atoms. The van der Waals surface area contributed by atoms with Gasteiger partial charge < -0.3 is 9.64 Å². The second kappa shape index (κ2) is 5.19. The number of anilines is 1. The van der Waals surface area contributed by atoms with E-state index in [0.717, 1.165) is 31.3 Å². The summed E-state index contributed by atoms with van der Waals surface area (Å²) in [5, 5.41) is 0.510. The van der Waals surface area contributed by atoms with Crippen molar-refractivity contribution < 1.29 is 4.74 Å². The molecular formula is C12H18ClN3O. The Morgan fingerprint density at radius 3 is 2.88 bits per heavy atom. The number of hydrogen-bond acceptors (Lipinski definition) is 4. The highest BCUT2D eigenvalue weighted by atomic mass is 35.5. The topological polar surface area (TPSA) is 38.2 Å². The number of ether oxygens (including phenoxy) is 1. The van der Waals surface area contributed by atoms with Gasteiger partial charge in [0.25, 0.3) is 0 Å². The first-order valence-corrected chi connectivity index (χ1v) is 6.23. The van der Waals surface area contributed by atoms with E-state index in [1.165, 1.54) is 0 Å². The molecule has 1 aromatic rings. The van der Waals surface area contributed by atoms with Crippen LogP contribution in [0.4, 0.5) is 5.82 Å². The van der Waals surface area contributed by atoms with Gasteiger partial charge in [-0.2, -0.15) is 0 Å². The van der Waals surface area contributed by atoms with Crippen molar-refractivity contribution in [2.24, 2.45) is 11.8 Å². The second-order valence-corrected chi connectivity index (χ2v) is 5.08. The van der Waals surface area contributed by atoms with Gasteiger partial charge in [-0.3, -0.25) is 0 Å². The van der Waals surface area contributed by atoms with Gasteiger partial charge in [0.1, 0.15) is 16.8 Å². The third kappa shape index (κ3) is 2.87. The van der Waals surface area contributed by atoms with E-state index >= 15 is 0 Å². The van der Waals surface area contributed by atoms with Crippen LogP contribution in [0.25, 0.3) is 0 Å². The van der Waals surface area contributed by atoms with Crippen LogP contribution in [0.5, 0.6) is 0 Å². The van der Waals surface area contributed by atoms with E-state index in [9.17, 15) is 0 Å². The Morgan fingerprint density at radius 1 is 1.47 bits per heavy atom. The van der Waals surface area contributed by atoms with Gasteiger partial charge in [-0.1, -0.05) is 18.5 Å². The lowest BCUT2D eigenvalue weighted by Gasteiger charge is -2.17. The molecule has 0 aliphatic carbocycles. The van der Waals surface area contributed by atoms with Gasteiger partial charge >= 0.3 is 0 Å². The molecule has 1 aliphatic heterocycles. The van der Waals surface area contributed by atoms with E-state index in [1.807, 2.05) is 13.0 Å². The predicted molar refractivity (Wildman–Crippen MR) is 68.5 cm³/mol. The Bertz CT molecular complexity index is 379. The van der Waals surface area contributed by atoms with E-state index in [-0.39, 0.29) is 0 Å². The summed E-state index contributed by atoms with van der Waals surface area (Å²) in [5.41, 5.74) is 0. The minimum atomic E-state index is 0.510.